The van der Waals surface area contributed by atoms with E-state index < -0.39 is 8.07 Å². The van der Waals surface area contributed by atoms with E-state index in [1.54, 1.807) is 12.4 Å². The van der Waals surface area contributed by atoms with Crippen molar-refractivity contribution in [1.29, 1.82) is 0 Å². The quantitative estimate of drug-likeness (QED) is 0.670. The number of nitrogens with zero attached hydrogens (tertiary/aromatic N) is 1. The fourth-order valence-corrected chi connectivity index (χ4v) is 2.71. The van der Waals surface area contributed by atoms with Crippen molar-refractivity contribution in [3.8, 4) is 0 Å². The number of H-pyrrole nitrogens is 1. The molecule has 114 valence electrons. The predicted molar refractivity (Wildman–Crippen MR) is 82.4 cm³/mol. The number of rotatable bonds is 5. The minimum atomic E-state index is -1.23. The fourth-order valence-electron chi connectivity index (χ4n) is 1.40. The van der Waals surface area contributed by atoms with Gasteiger partial charge in [-0.05, 0) is 26.3 Å². The molecule has 0 radical (unpaired) electrons. The van der Waals surface area contributed by atoms with Crippen LogP contribution in [-0.4, -0.2) is 36.1 Å². The van der Waals surface area contributed by atoms with Crippen molar-refractivity contribution in [2.75, 3.05) is 0 Å². The Morgan fingerprint density at radius 3 is 2.30 bits per heavy atom. The molecular formula is C14H26N2O3Si. The highest BCUT2D eigenvalue weighted by molar-refractivity contribution is 6.78. The molecule has 1 N–H and O–H groups in total. The number of aromatic amines is 1. The van der Waals surface area contributed by atoms with Crippen LogP contribution in [0.2, 0.25) is 25.7 Å². The van der Waals surface area contributed by atoms with Crippen molar-refractivity contribution in [3.05, 3.63) is 18.0 Å². The summed E-state index contributed by atoms with van der Waals surface area (Å²) in [4.78, 5) is 21.1. The largest absolute Gasteiger partial charge is 0.462 e. The van der Waals surface area contributed by atoms with Crippen molar-refractivity contribution in [1.82, 2.24) is 10.2 Å². The normalized spacial score (nSPS) is 11.3. The Balaban J connectivity index is 0.000000441. The molecule has 0 aromatic carbocycles. The fraction of sp³-hybridized carbons (Fsp3) is 0.643. The van der Waals surface area contributed by atoms with E-state index in [-0.39, 0.29) is 5.60 Å². The van der Waals surface area contributed by atoms with Gasteiger partial charge in [0.05, 0.1) is 14.3 Å². The maximum Gasteiger partial charge on any atom is 0.293 e. The number of hydrogen-bond donors (Lipinski definition) is 1. The van der Waals surface area contributed by atoms with Gasteiger partial charge < -0.3 is 4.74 Å². The molecule has 5 nitrogen and oxygen atoms in total. The van der Waals surface area contributed by atoms with Crippen LogP contribution in [0.25, 0.3) is 0 Å². The monoisotopic (exact) mass is 298 g/mol. The molecule has 1 aromatic heterocycles. The molecule has 20 heavy (non-hydrogen) atoms. The van der Waals surface area contributed by atoms with Gasteiger partial charge in [0.2, 0.25) is 0 Å². The van der Waals surface area contributed by atoms with Crippen LogP contribution in [0.5, 0.6) is 0 Å². The van der Waals surface area contributed by atoms with E-state index in [0.717, 1.165) is 11.6 Å². The highest BCUT2D eigenvalue weighted by atomic mass is 28.3. The summed E-state index contributed by atoms with van der Waals surface area (Å²) in [5.74, 6) is 0.334. The molecule has 0 fully saturated rings. The molecule has 0 aliphatic heterocycles. The first-order valence-electron chi connectivity index (χ1n) is 6.64. The molecule has 1 rings (SSSR count). The minimum Gasteiger partial charge on any atom is -0.462 e. The second-order valence-electron chi connectivity index (χ2n) is 6.89. The van der Waals surface area contributed by atoms with E-state index in [0.29, 0.717) is 18.7 Å². The van der Waals surface area contributed by atoms with Crippen LogP contribution in [0.3, 0.4) is 0 Å². The average Bonchev–Trinajstić information content (AvgIpc) is 2.65. The molecule has 1 aromatic rings. The third-order valence-electron chi connectivity index (χ3n) is 2.09. The molecule has 0 aliphatic carbocycles. The second kappa shape index (κ2) is 7.99. The molecule has 0 unspecified atom stereocenters. The van der Waals surface area contributed by atoms with Gasteiger partial charge in [-0.15, -0.1) is 0 Å². The van der Waals surface area contributed by atoms with Gasteiger partial charge in [0.25, 0.3) is 6.47 Å². The van der Waals surface area contributed by atoms with Crippen LogP contribution in [0.1, 0.15) is 26.3 Å². The smallest absolute Gasteiger partial charge is 0.293 e. The van der Waals surface area contributed by atoms with Crippen LogP contribution in [0.4, 0.5) is 0 Å². The predicted octanol–water partition coefficient (Wildman–Crippen LogP) is 2.82. The molecule has 0 atom stereocenters. The van der Waals surface area contributed by atoms with Gasteiger partial charge in [0, 0.05) is 18.7 Å². The summed E-state index contributed by atoms with van der Waals surface area (Å²) in [6, 6.07) is 0.762. The lowest BCUT2D eigenvalue weighted by atomic mass is 10.2. The third kappa shape index (κ3) is 11.6. The molecule has 0 aliphatic rings. The number of hydrogen-bond acceptors (Lipinski definition) is 4. The summed E-state index contributed by atoms with van der Waals surface area (Å²) in [6.45, 7) is 12.5. The lowest BCUT2D eigenvalue weighted by molar-refractivity contribution is -0.138. The number of nitrogens with one attached hydrogen (secondary N) is 1. The number of carbonyl (C=O) groups excluding carboxylic acids is 2. The van der Waals surface area contributed by atoms with Crippen molar-refractivity contribution in [2.45, 2.75) is 58.5 Å². The van der Waals surface area contributed by atoms with Crippen molar-refractivity contribution >= 4 is 20.3 Å². The van der Waals surface area contributed by atoms with Gasteiger partial charge in [-0.1, -0.05) is 19.6 Å². The molecule has 0 saturated carbocycles. The first-order valence-corrected chi connectivity index (χ1v) is 10.3. The maximum atomic E-state index is 11.5. The first kappa shape index (κ1) is 18.6. The van der Waals surface area contributed by atoms with E-state index in [1.807, 2.05) is 20.8 Å². The second-order valence-corrected chi connectivity index (χ2v) is 12.4. The maximum absolute atomic E-state index is 11.5. The Hall–Kier alpha value is -1.43. The number of ether oxygens (including phenoxy) is 1. The summed E-state index contributed by atoms with van der Waals surface area (Å²) >= 11 is 0. The summed E-state index contributed by atoms with van der Waals surface area (Å²) < 4.78 is 4.55. The first-order chi connectivity index (χ1) is 9.03. The minimum absolute atomic E-state index is 0.318. The molecule has 1 heterocycles. The average molecular weight is 298 g/mol. The van der Waals surface area contributed by atoms with E-state index >= 15 is 0 Å². The standard InChI is InChI=1S/C9H16N2OSi.C5H10O2/c1-13(2,3)7-9(12)4-8-5-10-11-6-8;1-5(2,3)7-4-6/h5-6H,4,7H2,1-3H3,(H,10,11);4H,1-3H3. The summed E-state index contributed by atoms with van der Waals surface area (Å²) in [6.07, 6.45) is 4.02. The zero-order valence-electron chi connectivity index (χ0n) is 13.3. The zero-order valence-corrected chi connectivity index (χ0v) is 14.3. The van der Waals surface area contributed by atoms with E-state index in [2.05, 4.69) is 34.6 Å². The van der Waals surface area contributed by atoms with Gasteiger partial charge in [-0.25, -0.2) is 0 Å². The Morgan fingerprint density at radius 2 is 2.00 bits per heavy atom. The van der Waals surface area contributed by atoms with Gasteiger partial charge in [0.15, 0.2) is 0 Å². The van der Waals surface area contributed by atoms with Crippen molar-refractivity contribution < 1.29 is 14.3 Å². The Labute approximate surface area is 122 Å². The highest BCUT2D eigenvalue weighted by Crippen LogP contribution is 2.10. The molecular weight excluding hydrogens is 272 g/mol. The topological polar surface area (TPSA) is 72.1 Å². The van der Waals surface area contributed by atoms with Crippen LogP contribution in [0, 0.1) is 0 Å². The summed E-state index contributed by atoms with van der Waals surface area (Å²) in [5.41, 5.74) is 0.671. The lowest BCUT2D eigenvalue weighted by Crippen LogP contribution is -2.24. The molecule has 0 amide bonds. The van der Waals surface area contributed by atoms with Gasteiger partial charge in [-0.3, -0.25) is 14.7 Å². The van der Waals surface area contributed by atoms with Crippen LogP contribution >= 0.6 is 0 Å². The molecule has 0 bridgehead atoms. The molecule has 0 spiro atoms. The zero-order chi connectivity index (χ0) is 15.8. The van der Waals surface area contributed by atoms with E-state index in [4.69, 9.17) is 0 Å². The number of aromatic nitrogens is 2. The van der Waals surface area contributed by atoms with E-state index in [9.17, 15) is 9.59 Å². The number of carbonyl (C=O) groups is 2. The summed E-state index contributed by atoms with van der Waals surface area (Å²) in [7, 11) is -1.23. The SMILES string of the molecule is CC(C)(C)OC=O.C[Si](C)(C)CC(=O)Cc1cn[nH]c1. The van der Waals surface area contributed by atoms with Crippen LogP contribution in [0.15, 0.2) is 12.4 Å². The van der Waals surface area contributed by atoms with Gasteiger partial charge in [0.1, 0.15) is 11.4 Å². The van der Waals surface area contributed by atoms with Crippen molar-refractivity contribution in [2.24, 2.45) is 0 Å². The van der Waals surface area contributed by atoms with E-state index in [1.165, 1.54) is 0 Å². The van der Waals surface area contributed by atoms with Crippen LogP contribution < -0.4 is 0 Å². The van der Waals surface area contributed by atoms with Crippen LogP contribution in [-0.2, 0) is 20.7 Å². The Kier molecular flexibility index (Phi) is 7.42. The molecule has 6 heteroatoms. The van der Waals surface area contributed by atoms with Gasteiger partial charge in [-0.2, -0.15) is 5.10 Å². The Bertz CT molecular complexity index is 403. The highest BCUT2D eigenvalue weighted by Gasteiger charge is 2.18. The summed E-state index contributed by atoms with van der Waals surface area (Å²) in [5, 5.41) is 6.51. The molecule has 0 saturated heterocycles. The number of Topliss-reactive ketones (excluding diaryl/α,β-unsaturated/α-hetero) is 1. The van der Waals surface area contributed by atoms with Crippen molar-refractivity contribution in [3.63, 3.8) is 0 Å². The Morgan fingerprint density at radius 1 is 1.40 bits per heavy atom. The number of ketones is 1. The lowest BCUT2D eigenvalue weighted by Gasteiger charge is -2.14. The van der Waals surface area contributed by atoms with Gasteiger partial charge >= 0.3 is 0 Å². The third-order valence-corrected chi connectivity index (χ3v) is 3.54.